The van der Waals surface area contributed by atoms with Crippen molar-refractivity contribution >= 4 is 17.7 Å². The van der Waals surface area contributed by atoms with Crippen molar-refractivity contribution in [1.82, 2.24) is 10.3 Å². The first-order chi connectivity index (χ1) is 7.27. The third-order valence-corrected chi connectivity index (χ3v) is 2.84. The Labute approximate surface area is 93.1 Å². The third kappa shape index (κ3) is 3.89. The number of nitrogens with one attached hydrogen (secondary N) is 1. The van der Waals surface area contributed by atoms with E-state index in [9.17, 15) is 4.79 Å². The molecular formula is C10H14N2O2S. The maximum Gasteiger partial charge on any atom is 0.269 e. The summed E-state index contributed by atoms with van der Waals surface area (Å²) in [4.78, 5) is 16.2. The van der Waals surface area contributed by atoms with Gasteiger partial charge in [-0.15, -0.1) is 11.8 Å². The summed E-state index contributed by atoms with van der Waals surface area (Å²) in [6, 6.07) is 3.61. The van der Waals surface area contributed by atoms with Crippen molar-refractivity contribution in [3.8, 4) is 0 Å². The highest BCUT2D eigenvalue weighted by molar-refractivity contribution is 7.99. The Morgan fingerprint density at radius 2 is 2.47 bits per heavy atom. The lowest BCUT2D eigenvalue weighted by Crippen LogP contribution is -2.19. The summed E-state index contributed by atoms with van der Waals surface area (Å²) in [6.07, 6.45) is 2.37. The summed E-state index contributed by atoms with van der Waals surface area (Å²) in [5.41, 5.74) is 0.423. The average Bonchev–Trinajstić information content (AvgIpc) is 2.29. The van der Waals surface area contributed by atoms with Gasteiger partial charge in [0.15, 0.2) is 0 Å². The van der Waals surface area contributed by atoms with Crippen molar-refractivity contribution in [2.75, 3.05) is 19.4 Å². The Hall–Kier alpha value is -1.07. The van der Waals surface area contributed by atoms with Gasteiger partial charge < -0.3 is 10.4 Å². The first-order valence-corrected chi connectivity index (χ1v) is 5.68. The first kappa shape index (κ1) is 12.0. The van der Waals surface area contributed by atoms with Crippen molar-refractivity contribution in [2.45, 2.75) is 11.3 Å². The van der Waals surface area contributed by atoms with Crippen LogP contribution in [0.15, 0.2) is 23.2 Å². The average molecular weight is 226 g/mol. The summed E-state index contributed by atoms with van der Waals surface area (Å²) in [5.74, 6) is 0.660. The van der Waals surface area contributed by atoms with Gasteiger partial charge in [0, 0.05) is 30.5 Å². The highest BCUT2D eigenvalue weighted by Gasteiger charge is 2.05. The van der Waals surface area contributed by atoms with Gasteiger partial charge in [0.1, 0.15) is 5.69 Å². The summed E-state index contributed by atoms with van der Waals surface area (Å²) in [7, 11) is 1.58. The van der Waals surface area contributed by atoms with Gasteiger partial charge >= 0.3 is 0 Å². The van der Waals surface area contributed by atoms with E-state index in [-0.39, 0.29) is 12.5 Å². The molecule has 0 saturated carbocycles. The van der Waals surface area contributed by atoms with E-state index < -0.39 is 0 Å². The van der Waals surface area contributed by atoms with Crippen molar-refractivity contribution in [3.63, 3.8) is 0 Å². The predicted octanol–water partition coefficient (Wildman–Crippen LogP) is 0.916. The zero-order valence-corrected chi connectivity index (χ0v) is 9.38. The standard InChI is InChI=1S/C10H14N2O2S/c1-11-10(14)9-7-8(3-4-12-9)15-6-2-5-13/h3-4,7,13H,2,5-6H2,1H3,(H,11,14). The van der Waals surface area contributed by atoms with Crippen LogP contribution in [0.3, 0.4) is 0 Å². The largest absolute Gasteiger partial charge is 0.396 e. The van der Waals surface area contributed by atoms with Gasteiger partial charge in [0.05, 0.1) is 0 Å². The van der Waals surface area contributed by atoms with E-state index in [1.165, 1.54) is 0 Å². The van der Waals surface area contributed by atoms with E-state index in [4.69, 9.17) is 5.11 Å². The lowest BCUT2D eigenvalue weighted by Gasteiger charge is -2.02. The van der Waals surface area contributed by atoms with Gasteiger partial charge in [0.25, 0.3) is 5.91 Å². The van der Waals surface area contributed by atoms with Crippen molar-refractivity contribution in [3.05, 3.63) is 24.0 Å². The van der Waals surface area contributed by atoms with Crippen molar-refractivity contribution < 1.29 is 9.90 Å². The molecular weight excluding hydrogens is 212 g/mol. The van der Waals surface area contributed by atoms with Gasteiger partial charge in [-0.1, -0.05) is 0 Å². The summed E-state index contributed by atoms with van der Waals surface area (Å²) >= 11 is 1.61. The fraction of sp³-hybridized carbons (Fsp3) is 0.400. The van der Waals surface area contributed by atoms with Crippen molar-refractivity contribution in [1.29, 1.82) is 0 Å². The predicted molar refractivity (Wildman–Crippen MR) is 60.1 cm³/mol. The molecule has 0 atom stereocenters. The lowest BCUT2D eigenvalue weighted by molar-refractivity contribution is 0.0958. The van der Waals surface area contributed by atoms with Crippen LogP contribution in [0.2, 0.25) is 0 Å². The zero-order chi connectivity index (χ0) is 11.1. The van der Waals surface area contributed by atoms with Gasteiger partial charge in [-0.3, -0.25) is 9.78 Å². The smallest absolute Gasteiger partial charge is 0.269 e. The van der Waals surface area contributed by atoms with Crippen LogP contribution in [0, 0.1) is 0 Å². The molecule has 1 heterocycles. The highest BCUT2D eigenvalue weighted by Crippen LogP contribution is 2.18. The number of thioether (sulfide) groups is 1. The highest BCUT2D eigenvalue weighted by atomic mass is 32.2. The fourth-order valence-electron chi connectivity index (χ4n) is 1.01. The molecule has 4 nitrogen and oxygen atoms in total. The van der Waals surface area contributed by atoms with Crippen LogP contribution in [0.25, 0.3) is 0 Å². The van der Waals surface area contributed by atoms with E-state index in [0.717, 1.165) is 17.1 Å². The number of pyridine rings is 1. The molecule has 0 aromatic carbocycles. The molecule has 15 heavy (non-hydrogen) atoms. The molecule has 0 fully saturated rings. The number of rotatable bonds is 5. The molecule has 0 aliphatic carbocycles. The molecule has 0 bridgehead atoms. The fourth-order valence-corrected chi connectivity index (χ4v) is 1.87. The molecule has 0 spiro atoms. The summed E-state index contributed by atoms with van der Waals surface area (Å²) in [6.45, 7) is 0.195. The maximum atomic E-state index is 11.3. The Morgan fingerprint density at radius 1 is 1.67 bits per heavy atom. The van der Waals surface area contributed by atoms with Crippen LogP contribution >= 0.6 is 11.8 Å². The Morgan fingerprint density at radius 3 is 3.13 bits per heavy atom. The molecule has 1 rings (SSSR count). The Kier molecular flexibility index (Phi) is 5.14. The molecule has 82 valence electrons. The van der Waals surface area contributed by atoms with E-state index in [1.54, 1.807) is 31.1 Å². The molecule has 0 radical (unpaired) electrons. The molecule has 0 unspecified atom stereocenters. The van der Waals surface area contributed by atoms with Gasteiger partial charge in [-0.2, -0.15) is 0 Å². The molecule has 0 saturated heterocycles. The van der Waals surface area contributed by atoms with Crippen LogP contribution < -0.4 is 5.32 Å². The molecule has 1 amide bonds. The number of hydrogen-bond acceptors (Lipinski definition) is 4. The number of hydrogen-bond donors (Lipinski definition) is 2. The Balaban J connectivity index is 2.62. The maximum absolute atomic E-state index is 11.3. The number of nitrogens with zero attached hydrogens (tertiary/aromatic N) is 1. The van der Waals surface area contributed by atoms with E-state index in [1.807, 2.05) is 6.07 Å². The molecule has 1 aromatic heterocycles. The molecule has 0 aliphatic heterocycles. The van der Waals surface area contributed by atoms with Crippen LogP contribution in [0.5, 0.6) is 0 Å². The van der Waals surface area contributed by atoms with E-state index >= 15 is 0 Å². The number of amides is 1. The van der Waals surface area contributed by atoms with Crippen LogP contribution in [-0.2, 0) is 0 Å². The first-order valence-electron chi connectivity index (χ1n) is 4.69. The van der Waals surface area contributed by atoms with E-state index in [2.05, 4.69) is 10.3 Å². The summed E-state index contributed by atoms with van der Waals surface area (Å²) in [5, 5.41) is 11.2. The normalized spacial score (nSPS) is 10.0. The minimum Gasteiger partial charge on any atom is -0.396 e. The third-order valence-electron chi connectivity index (χ3n) is 1.76. The van der Waals surface area contributed by atoms with Crippen LogP contribution in [0.1, 0.15) is 16.9 Å². The Bertz CT molecular complexity index is 331. The molecule has 5 heteroatoms. The monoisotopic (exact) mass is 226 g/mol. The second-order valence-electron chi connectivity index (χ2n) is 2.88. The SMILES string of the molecule is CNC(=O)c1cc(SCCCO)ccn1. The van der Waals surface area contributed by atoms with Crippen LogP contribution in [0.4, 0.5) is 0 Å². The lowest BCUT2D eigenvalue weighted by atomic mass is 10.3. The van der Waals surface area contributed by atoms with E-state index in [0.29, 0.717) is 5.69 Å². The summed E-state index contributed by atoms with van der Waals surface area (Å²) < 4.78 is 0. The van der Waals surface area contributed by atoms with Crippen LogP contribution in [-0.4, -0.2) is 35.4 Å². The molecule has 1 aromatic rings. The minimum atomic E-state index is -0.181. The number of aromatic nitrogens is 1. The topological polar surface area (TPSA) is 62.2 Å². The van der Waals surface area contributed by atoms with Gasteiger partial charge in [0.2, 0.25) is 0 Å². The minimum absolute atomic E-state index is 0.181. The molecule has 0 aliphatic rings. The van der Waals surface area contributed by atoms with Gasteiger partial charge in [-0.05, 0) is 18.6 Å². The van der Waals surface area contributed by atoms with Gasteiger partial charge in [-0.25, -0.2) is 0 Å². The quantitative estimate of drug-likeness (QED) is 0.579. The zero-order valence-electron chi connectivity index (χ0n) is 8.56. The number of carbonyl (C=O) groups is 1. The second kappa shape index (κ2) is 6.42. The number of carbonyl (C=O) groups excluding carboxylic acids is 1. The molecule has 2 N–H and O–H groups in total. The second-order valence-corrected chi connectivity index (χ2v) is 4.05. The number of aliphatic hydroxyl groups is 1. The van der Waals surface area contributed by atoms with Crippen molar-refractivity contribution in [2.24, 2.45) is 0 Å². The number of aliphatic hydroxyl groups excluding tert-OH is 1.